The third-order valence-corrected chi connectivity index (χ3v) is 5.08. The van der Waals surface area contributed by atoms with E-state index in [1.54, 1.807) is 6.92 Å². The molecule has 0 fully saturated rings. The largest absolute Gasteiger partial charge is 0.465 e. The summed E-state index contributed by atoms with van der Waals surface area (Å²) in [5.74, 6) is -0.861. The molecule has 24 heavy (non-hydrogen) atoms. The summed E-state index contributed by atoms with van der Waals surface area (Å²) in [6, 6.07) is 4.41. The van der Waals surface area contributed by atoms with Gasteiger partial charge >= 0.3 is 5.97 Å². The summed E-state index contributed by atoms with van der Waals surface area (Å²) in [7, 11) is -2.11. The van der Waals surface area contributed by atoms with E-state index in [0.717, 1.165) is 0 Å². The Morgan fingerprint density at radius 1 is 1.33 bits per heavy atom. The van der Waals surface area contributed by atoms with Crippen molar-refractivity contribution in [3.05, 3.63) is 28.8 Å². The predicted molar refractivity (Wildman–Crippen MR) is 92.9 cm³/mol. The lowest BCUT2D eigenvalue weighted by atomic mass is 10.2. The van der Waals surface area contributed by atoms with Crippen molar-refractivity contribution in [1.29, 1.82) is 0 Å². The Balaban J connectivity index is 2.96. The number of nitrogens with one attached hydrogen (secondary N) is 1. The second-order valence-electron chi connectivity index (χ2n) is 5.04. The fraction of sp³-hybridized carbons (Fsp3) is 0.467. The van der Waals surface area contributed by atoms with Gasteiger partial charge in [-0.2, -0.15) is 0 Å². The summed E-state index contributed by atoms with van der Waals surface area (Å²) in [5.41, 5.74) is 0.566. The molecule has 0 atom stereocenters. The average Bonchev–Trinajstić information content (AvgIpc) is 2.51. The lowest BCUT2D eigenvalue weighted by Gasteiger charge is -2.23. The number of carbonyl (C=O) groups is 2. The third-order valence-electron chi connectivity index (χ3n) is 3.17. The van der Waals surface area contributed by atoms with E-state index in [4.69, 9.17) is 11.6 Å². The zero-order valence-corrected chi connectivity index (χ0v) is 15.4. The maximum atomic E-state index is 11.9. The Morgan fingerprint density at radius 3 is 2.54 bits per heavy atom. The minimum absolute atomic E-state index is 0.0195. The summed E-state index contributed by atoms with van der Waals surface area (Å²) in [4.78, 5) is 24.8. The summed E-state index contributed by atoms with van der Waals surface area (Å²) in [5, 5.41) is 0.272. The van der Waals surface area contributed by atoms with Gasteiger partial charge in [-0.3, -0.25) is 4.79 Å². The van der Waals surface area contributed by atoms with Crippen LogP contribution in [0.25, 0.3) is 0 Å². The van der Waals surface area contributed by atoms with E-state index in [1.165, 1.54) is 37.1 Å². The Kier molecular flexibility index (Phi) is 7.65. The molecule has 1 amide bonds. The van der Waals surface area contributed by atoms with Crippen LogP contribution in [-0.4, -0.2) is 46.2 Å². The predicted octanol–water partition coefficient (Wildman–Crippen LogP) is 1.81. The maximum absolute atomic E-state index is 11.9. The number of nitrogens with zero attached hydrogens (tertiary/aromatic N) is 1. The highest BCUT2D eigenvalue weighted by Gasteiger charge is 2.18. The third kappa shape index (κ3) is 5.77. The van der Waals surface area contributed by atoms with Gasteiger partial charge in [-0.25, -0.2) is 17.9 Å². The van der Waals surface area contributed by atoms with Crippen LogP contribution in [0.15, 0.2) is 18.2 Å². The van der Waals surface area contributed by atoms with Gasteiger partial charge in [0.05, 0.1) is 29.1 Å². The number of anilines is 1. The van der Waals surface area contributed by atoms with Crippen molar-refractivity contribution in [3.8, 4) is 0 Å². The number of rotatable bonds is 8. The van der Waals surface area contributed by atoms with Gasteiger partial charge in [-0.05, 0) is 24.6 Å². The summed E-state index contributed by atoms with van der Waals surface area (Å²) in [6.45, 7) is 3.23. The first-order valence-corrected chi connectivity index (χ1v) is 9.38. The van der Waals surface area contributed by atoms with Crippen LogP contribution in [-0.2, 0) is 19.6 Å². The van der Waals surface area contributed by atoms with Crippen molar-refractivity contribution >= 4 is 39.2 Å². The van der Waals surface area contributed by atoms with E-state index in [9.17, 15) is 18.0 Å². The van der Waals surface area contributed by atoms with Crippen LogP contribution in [0, 0.1) is 0 Å². The first-order chi connectivity index (χ1) is 11.2. The zero-order chi connectivity index (χ0) is 18.3. The van der Waals surface area contributed by atoms with Gasteiger partial charge in [0.15, 0.2) is 0 Å². The molecule has 1 aromatic carbocycles. The fourth-order valence-electron chi connectivity index (χ4n) is 2.07. The Bertz CT molecular complexity index is 706. The quantitative estimate of drug-likeness (QED) is 0.698. The van der Waals surface area contributed by atoms with Crippen LogP contribution in [0.5, 0.6) is 0 Å². The van der Waals surface area contributed by atoms with Crippen LogP contribution >= 0.6 is 11.6 Å². The highest BCUT2D eigenvalue weighted by molar-refractivity contribution is 7.89. The number of benzene rings is 1. The molecule has 0 aliphatic carbocycles. The molecule has 0 unspecified atom stereocenters. The highest BCUT2D eigenvalue weighted by Crippen LogP contribution is 2.27. The molecule has 9 heteroatoms. The van der Waals surface area contributed by atoms with Gasteiger partial charge in [0.1, 0.15) is 0 Å². The molecule has 0 aliphatic rings. The van der Waals surface area contributed by atoms with E-state index >= 15 is 0 Å². The molecule has 0 heterocycles. The minimum atomic E-state index is -3.37. The van der Waals surface area contributed by atoms with Crippen molar-refractivity contribution in [2.24, 2.45) is 0 Å². The smallest absolute Gasteiger partial charge is 0.337 e. The number of methoxy groups -OCH3 is 1. The average molecular weight is 377 g/mol. The first-order valence-electron chi connectivity index (χ1n) is 7.35. The second kappa shape index (κ2) is 9.00. The van der Waals surface area contributed by atoms with Crippen molar-refractivity contribution < 1.29 is 22.7 Å². The summed E-state index contributed by atoms with van der Waals surface area (Å²) in [6.07, 6.45) is 0.499. The van der Waals surface area contributed by atoms with E-state index in [0.29, 0.717) is 12.1 Å². The topological polar surface area (TPSA) is 92.8 Å². The molecule has 1 N–H and O–H groups in total. The summed E-state index contributed by atoms with van der Waals surface area (Å²) < 4.78 is 30.4. The molecule has 1 aromatic rings. The molecular formula is C15H21ClN2O5S. The molecule has 0 radical (unpaired) electrons. The van der Waals surface area contributed by atoms with Crippen LogP contribution < -0.4 is 9.62 Å². The van der Waals surface area contributed by atoms with Gasteiger partial charge < -0.3 is 9.64 Å². The van der Waals surface area contributed by atoms with Crippen LogP contribution in [0.3, 0.4) is 0 Å². The molecule has 0 aromatic heterocycles. The molecule has 134 valence electrons. The maximum Gasteiger partial charge on any atom is 0.337 e. The zero-order valence-electron chi connectivity index (χ0n) is 13.8. The highest BCUT2D eigenvalue weighted by atomic mass is 35.5. The molecular weight excluding hydrogens is 356 g/mol. The molecule has 1 rings (SSSR count). The lowest BCUT2D eigenvalue weighted by molar-refractivity contribution is -0.116. The number of carbonyl (C=O) groups excluding carboxylic acids is 2. The van der Waals surface area contributed by atoms with Gasteiger partial charge in [-0.1, -0.05) is 18.5 Å². The van der Waals surface area contributed by atoms with Crippen LogP contribution in [0.1, 0.15) is 30.6 Å². The van der Waals surface area contributed by atoms with Crippen molar-refractivity contribution in [2.75, 3.05) is 30.9 Å². The van der Waals surface area contributed by atoms with E-state index < -0.39 is 16.0 Å². The fourth-order valence-corrected chi connectivity index (χ4v) is 3.37. The Hall–Kier alpha value is -1.64. The number of esters is 1. The van der Waals surface area contributed by atoms with Gasteiger partial charge in [0.2, 0.25) is 15.9 Å². The number of hydrogen-bond acceptors (Lipinski definition) is 5. The van der Waals surface area contributed by atoms with Crippen LogP contribution in [0.4, 0.5) is 5.69 Å². The monoisotopic (exact) mass is 376 g/mol. The van der Waals surface area contributed by atoms with Crippen molar-refractivity contribution in [1.82, 2.24) is 4.72 Å². The number of halogens is 1. The summed E-state index contributed by atoms with van der Waals surface area (Å²) >= 11 is 6.12. The van der Waals surface area contributed by atoms with Gasteiger partial charge in [-0.15, -0.1) is 0 Å². The van der Waals surface area contributed by atoms with Crippen molar-refractivity contribution in [2.45, 2.75) is 20.3 Å². The minimum Gasteiger partial charge on any atom is -0.465 e. The Labute approximate surface area is 147 Å². The van der Waals surface area contributed by atoms with E-state index in [1.807, 2.05) is 0 Å². The molecule has 0 saturated carbocycles. The molecule has 0 bridgehead atoms. The molecule has 0 spiro atoms. The van der Waals surface area contributed by atoms with Gasteiger partial charge in [0, 0.05) is 20.0 Å². The van der Waals surface area contributed by atoms with Crippen molar-refractivity contribution in [3.63, 3.8) is 0 Å². The molecule has 0 saturated heterocycles. The van der Waals surface area contributed by atoms with Crippen LogP contribution in [0.2, 0.25) is 5.02 Å². The number of ether oxygens (including phenoxy) is 1. The number of hydrogen-bond donors (Lipinski definition) is 1. The second-order valence-corrected chi connectivity index (χ2v) is 7.38. The van der Waals surface area contributed by atoms with E-state index in [2.05, 4.69) is 9.46 Å². The first kappa shape index (κ1) is 20.4. The normalized spacial score (nSPS) is 11.2. The SMILES string of the molecule is CCCS(=O)(=O)NCCN(C(C)=O)c1cc(C(=O)OC)ccc1Cl. The molecule has 0 aliphatic heterocycles. The lowest BCUT2D eigenvalue weighted by Crippen LogP contribution is -2.38. The number of sulfonamides is 1. The molecule has 7 nitrogen and oxygen atoms in total. The standard InChI is InChI=1S/C15H21ClN2O5S/c1-4-9-24(21,22)17-7-8-18(11(2)19)14-10-12(15(20)23-3)5-6-13(14)16/h5-6,10,17H,4,7-9H2,1-3H3. The van der Waals surface area contributed by atoms with E-state index in [-0.39, 0.29) is 35.3 Å². The Morgan fingerprint density at radius 2 is 2.00 bits per heavy atom. The number of amides is 1. The van der Waals surface area contributed by atoms with Gasteiger partial charge in [0.25, 0.3) is 0 Å².